The van der Waals surface area contributed by atoms with E-state index in [2.05, 4.69) is 5.10 Å². The Hall–Kier alpha value is -2.14. The zero-order valence-corrected chi connectivity index (χ0v) is 12.6. The minimum absolute atomic E-state index is 0.109. The number of para-hydroxylation sites is 1. The van der Waals surface area contributed by atoms with Gasteiger partial charge in [-0.25, -0.2) is 9.48 Å². The number of benzene rings is 1. The van der Waals surface area contributed by atoms with Crippen LogP contribution in [0.25, 0.3) is 5.69 Å². The van der Waals surface area contributed by atoms with Gasteiger partial charge in [-0.15, -0.1) is 0 Å². The number of hydrogen-bond acceptors (Lipinski definition) is 4. The summed E-state index contributed by atoms with van der Waals surface area (Å²) in [5.74, 6) is 0.0691. The summed E-state index contributed by atoms with van der Waals surface area (Å²) in [5, 5.41) is 4.19. The number of esters is 1. The Morgan fingerprint density at radius 3 is 2.82 bits per heavy atom. The van der Waals surface area contributed by atoms with E-state index in [0.717, 1.165) is 31.7 Å². The van der Waals surface area contributed by atoms with Crippen LogP contribution in [-0.2, 0) is 9.47 Å². The average Bonchev–Trinajstić information content (AvgIpc) is 3.10. The molecule has 22 heavy (non-hydrogen) atoms. The van der Waals surface area contributed by atoms with E-state index in [4.69, 9.17) is 9.47 Å². The quantitative estimate of drug-likeness (QED) is 0.815. The van der Waals surface area contributed by atoms with Crippen molar-refractivity contribution in [3.63, 3.8) is 0 Å². The second-order valence-electron chi connectivity index (χ2n) is 5.53. The first-order valence-corrected chi connectivity index (χ1v) is 7.63. The summed E-state index contributed by atoms with van der Waals surface area (Å²) in [5.41, 5.74) is 1.27. The number of rotatable bonds is 4. The molecule has 1 aromatic heterocycles. The van der Waals surface area contributed by atoms with Crippen molar-refractivity contribution in [1.29, 1.82) is 0 Å². The SMILES string of the molecule is C[C@@H](OC(=O)c1ccccc1-n1cccn1)C1CCOCC1. The minimum Gasteiger partial charge on any atom is -0.459 e. The van der Waals surface area contributed by atoms with Crippen molar-refractivity contribution >= 4 is 5.97 Å². The highest BCUT2D eigenvalue weighted by Gasteiger charge is 2.25. The lowest BCUT2D eigenvalue weighted by Crippen LogP contribution is -2.29. The Kier molecular flexibility index (Phi) is 4.53. The second kappa shape index (κ2) is 6.75. The van der Waals surface area contributed by atoms with Crippen molar-refractivity contribution in [2.24, 2.45) is 5.92 Å². The number of carbonyl (C=O) groups is 1. The highest BCUT2D eigenvalue weighted by molar-refractivity contribution is 5.93. The van der Waals surface area contributed by atoms with Crippen LogP contribution in [0.5, 0.6) is 0 Å². The molecule has 5 heteroatoms. The van der Waals surface area contributed by atoms with Crippen LogP contribution in [0.4, 0.5) is 0 Å². The maximum Gasteiger partial charge on any atom is 0.340 e. The summed E-state index contributed by atoms with van der Waals surface area (Å²) in [6.45, 7) is 3.46. The van der Waals surface area contributed by atoms with Gasteiger partial charge in [-0.1, -0.05) is 12.1 Å². The van der Waals surface area contributed by atoms with Gasteiger partial charge in [-0.3, -0.25) is 0 Å². The Morgan fingerprint density at radius 2 is 2.09 bits per heavy atom. The van der Waals surface area contributed by atoms with Crippen LogP contribution in [0.1, 0.15) is 30.1 Å². The van der Waals surface area contributed by atoms with Gasteiger partial charge in [-0.2, -0.15) is 5.10 Å². The minimum atomic E-state index is -0.301. The summed E-state index contributed by atoms with van der Waals surface area (Å²) in [6, 6.07) is 9.18. The van der Waals surface area contributed by atoms with Crippen molar-refractivity contribution in [2.75, 3.05) is 13.2 Å². The van der Waals surface area contributed by atoms with Crippen molar-refractivity contribution in [1.82, 2.24) is 9.78 Å². The molecule has 1 aliphatic heterocycles. The van der Waals surface area contributed by atoms with E-state index >= 15 is 0 Å². The fourth-order valence-electron chi connectivity index (χ4n) is 2.77. The third-order valence-corrected chi connectivity index (χ3v) is 4.10. The van der Waals surface area contributed by atoms with E-state index in [0.29, 0.717) is 11.5 Å². The predicted octanol–water partition coefficient (Wildman–Crippen LogP) is 2.84. The lowest BCUT2D eigenvalue weighted by Gasteiger charge is -2.27. The Bertz CT molecular complexity index is 619. The molecule has 5 nitrogen and oxygen atoms in total. The molecule has 3 rings (SSSR count). The molecule has 1 atom stereocenters. The van der Waals surface area contributed by atoms with Crippen LogP contribution in [0.3, 0.4) is 0 Å². The number of ether oxygens (including phenoxy) is 2. The van der Waals surface area contributed by atoms with Crippen molar-refractivity contribution in [3.8, 4) is 5.69 Å². The van der Waals surface area contributed by atoms with Crippen LogP contribution in [-0.4, -0.2) is 35.1 Å². The molecule has 1 saturated heterocycles. The van der Waals surface area contributed by atoms with Crippen LogP contribution >= 0.6 is 0 Å². The van der Waals surface area contributed by atoms with Gasteiger partial charge in [-0.05, 0) is 38.0 Å². The highest BCUT2D eigenvalue weighted by Crippen LogP contribution is 2.23. The van der Waals surface area contributed by atoms with Gasteiger partial charge in [0, 0.05) is 31.5 Å². The van der Waals surface area contributed by atoms with Gasteiger partial charge in [0.05, 0.1) is 11.3 Å². The van der Waals surface area contributed by atoms with Gasteiger partial charge in [0.25, 0.3) is 0 Å². The zero-order valence-electron chi connectivity index (χ0n) is 12.6. The van der Waals surface area contributed by atoms with Crippen molar-refractivity contribution in [3.05, 3.63) is 48.3 Å². The molecule has 0 bridgehead atoms. The standard InChI is InChI=1S/C17H20N2O3/c1-13(14-7-11-21-12-8-14)22-17(20)15-5-2-3-6-16(15)19-10-4-9-18-19/h2-6,9-10,13-14H,7-8,11-12H2,1H3/t13-/m1/s1. The van der Waals surface area contributed by atoms with Gasteiger partial charge in [0.2, 0.25) is 0 Å². The molecule has 116 valence electrons. The molecule has 2 heterocycles. The average molecular weight is 300 g/mol. The largest absolute Gasteiger partial charge is 0.459 e. The topological polar surface area (TPSA) is 53.4 Å². The fourth-order valence-corrected chi connectivity index (χ4v) is 2.77. The first kappa shape index (κ1) is 14.8. The molecular weight excluding hydrogens is 280 g/mol. The Morgan fingerprint density at radius 1 is 1.32 bits per heavy atom. The highest BCUT2D eigenvalue weighted by atomic mass is 16.5. The molecule has 2 aromatic rings. The summed E-state index contributed by atoms with van der Waals surface area (Å²) in [7, 11) is 0. The number of carbonyl (C=O) groups excluding carboxylic acids is 1. The lowest BCUT2D eigenvalue weighted by atomic mass is 9.95. The molecule has 0 unspecified atom stereocenters. The van der Waals surface area contributed by atoms with E-state index in [-0.39, 0.29) is 12.1 Å². The van der Waals surface area contributed by atoms with E-state index in [9.17, 15) is 4.79 Å². The van der Waals surface area contributed by atoms with E-state index < -0.39 is 0 Å². The van der Waals surface area contributed by atoms with Crippen molar-refractivity contribution in [2.45, 2.75) is 25.9 Å². The van der Waals surface area contributed by atoms with Gasteiger partial charge in [0.1, 0.15) is 6.10 Å². The summed E-state index contributed by atoms with van der Waals surface area (Å²) < 4.78 is 12.7. The van der Waals surface area contributed by atoms with Gasteiger partial charge < -0.3 is 9.47 Å². The van der Waals surface area contributed by atoms with Crippen LogP contribution in [0.15, 0.2) is 42.7 Å². The molecule has 0 aliphatic carbocycles. The lowest BCUT2D eigenvalue weighted by molar-refractivity contribution is -0.0118. The van der Waals surface area contributed by atoms with E-state index in [1.54, 1.807) is 16.9 Å². The second-order valence-corrected chi connectivity index (χ2v) is 5.53. The maximum absolute atomic E-state index is 12.5. The molecule has 0 N–H and O–H groups in total. The molecule has 0 saturated carbocycles. The molecule has 0 amide bonds. The van der Waals surface area contributed by atoms with Crippen LogP contribution in [0.2, 0.25) is 0 Å². The zero-order chi connectivity index (χ0) is 15.4. The Labute approximate surface area is 129 Å². The molecule has 1 aromatic carbocycles. The summed E-state index contributed by atoms with van der Waals surface area (Å²) in [4.78, 5) is 12.5. The van der Waals surface area contributed by atoms with Gasteiger partial charge >= 0.3 is 5.97 Å². The normalized spacial score (nSPS) is 17.1. The predicted molar refractivity (Wildman–Crippen MR) is 82.0 cm³/mol. The van der Waals surface area contributed by atoms with E-state index in [1.807, 2.05) is 37.4 Å². The first-order chi connectivity index (χ1) is 10.8. The van der Waals surface area contributed by atoms with Crippen LogP contribution in [0, 0.1) is 5.92 Å². The molecule has 1 aliphatic rings. The number of nitrogens with zero attached hydrogens (tertiary/aromatic N) is 2. The first-order valence-electron chi connectivity index (χ1n) is 7.63. The maximum atomic E-state index is 12.5. The van der Waals surface area contributed by atoms with Crippen LogP contribution < -0.4 is 0 Å². The fraction of sp³-hybridized carbons (Fsp3) is 0.412. The molecular formula is C17H20N2O3. The third kappa shape index (κ3) is 3.20. The summed E-state index contributed by atoms with van der Waals surface area (Å²) in [6.07, 6.45) is 5.27. The molecule has 1 fully saturated rings. The molecule has 0 radical (unpaired) electrons. The molecule has 0 spiro atoms. The summed E-state index contributed by atoms with van der Waals surface area (Å²) >= 11 is 0. The number of aromatic nitrogens is 2. The van der Waals surface area contributed by atoms with E-state index in [1.165, 1.54) is 0 Å². The number of hydrogen-bond donors (Lipinski definition) is 0. The Balaban J connectivity index is 1.75. The smallest absolute Gasteiger partial charge is 0.340 e. The van der Waals surface area contributed by atoms with Crippen molar-refractivity contribution < 1.29 is 14.3 Å². The van der Waals surface area contributed by atoms with Gasteiger partial charge in [0.15, 0.2) is 0 Å². The third-order valence-electron chi connectivity index (χ3n) is 4.10. The monoisotopic (exact) mass is 300 g/mol.